The van der Waals surface area contributed by atoms with Crippen LogP contribution in [0.5, 0.6) is 0 Å². The van der Waals surface area contributed by atoms with Crippen LogP contribution in [0.1, 0.15) is 29.3 Å². The summed E-state index contributed by atoms with van der Waals surface area (Å²) in [7, 11) is 1.29. The summed E-state index contributed by atoms with van der Waals surface area (Å²) in [5, 5.41) is 2.63. The Kier molecular flexibility index (Phi) is 4.80. The van der Waals surface area contributed by atoms with Crippen molar-refractivity contribution in [3.8, 4) is 0 Å². The second kappa shape index (κ2) is 6.60. The maximum absolute atomic E-state index is 11.8. The molecule has 1 aliphatic carbocycles. The predicted molar refractivity (Wildman–Crippen MR) is 79.4 cm³/mol. The van der Waals surface area contributed by atoms with Gasteiger partial charge in [-0.15, -0.1) is 0 Å². The van der Waals surface area contributed by atoms with E-state index >= 15 is 0 Å². The molecule has 0 bridgehead atoms. The Morgan fingerprint density at radius 1 is 1.32 bits per heavy atom. The third-order valence-corrected chi connectivity index (χ3v) is 3.69. The molecule has 6 nitrogen and oxygen atoms in total. The van der Waals surface area contributed by atoms with Gasteiger partial charge < -0.3 is 14.8 Å². The van der Waals surface area contributed by atoms with E-state index in [4.69, 9.17) is 4.74 Å². The van der Waals surface area contributed by atoms with E-state index in [9.17, 15) is 14.4 Å². The first kappa shape index (κ1) is 16.0. The molecule has 0 aromatic heterocycles. The van der Waals surface area contributed by atoms with Gasteiger partial charge in [0, 0.05) is 5.69 Å². The third-order valence-electron chi connectivity index (χ3n) is 3.69. The Balaban J connectivity index is 1.93. The quantitative estimate of drug-likeness (QED) is 0.840. The second-order valence-corrected chi connectivity index (χ2v) is 5.50. The molecule has 1 N–H and O–H groups in total. The summed E-state index contributed by atoms with van der Waals surface area (Å²) in [5.74, 6) is -0.981. The van der Waals surface area contributed by atoms with Gasteiger partial charge >= 0.3 is 11.9 Å². The van der Waals surface area contributed by atoms with Gasteiger partial charge in [0.25, 0.3) is 5.91 Å². The highest BCUT2D eigenvalue weighted by molar-refractivity contribution is 5.96. The number of nitrogens with one attached hydrogen (secondary N) is 1. The monoisotopic (exact) mass is 305 g/mol. The molecule has 1 aliphatic rings. The lowest BCUT2D eigenvalue weighted by atomic mass is 10.1. The first-order chi connectivity index (χ1) is 10.4. The molecule has 2 atom stereocenters. The zero-order chi connectivity index (χ0) is 16.3. The number of benzene rings is 1. The third kappa shape index (κ3) is 3.84. The first-order valence-corrected chi connectivity index (χ1v) is 7.07. The van der Waals surface area contributed by atoms with E-state index in [1.165, 1.54) is 13.2 Å². The standard InChI is InChI=1S/C16H19NO5/c1-9-4-5-11(15(19)21-3)7-13(9)17-14(18)8-22-16(20)12-6-10(12)2/h4-5,7,10,12H,6,8H2,1-3H3,(H,17,18)/t10-,12+/m0/s1. The normalized spacial score (nSPS) is 19.2. The molecule has 1 amide bonds. The van der Waals surface area contributed by atoms with E-state index in [0.717, 1.165) is 12.0 Å². The van der Waals surface area contributed by atoms with Gasteiger partial charge in [0.05, 0.1) is 18.6 Å². The van der Waals surface area contributed by atoms with Gasteiger partial charge in [-0.25, -0.2) is 4.79 Å². The molecule has 118 valence electrons. The van der Waals surface area contributed by atoms with Crippen LogP contribution in [-0.4, -0.2) is 31.6 Å². The van der Waals surface area contributed by atoms with Crippen molar-refractivity contribution in [2.45, 2.75) is 20.3 Å². The Morgan fingerprint density at radius 2 is 2.00 bits per heavy atom. The molecule has 0 radical (unpaired) electrons. The summed E-state index contributed by atoms with van der Waals surface area (Å²) in [6.07, 6.45) is 0.820. The van der Waals surface area contributed by atoms with E-state index < -0.39 is 11.9 Å². The molecule has 0 saturated heterocycles. The van der Waals surface area contributed by atoms with Crippen molar-refractivity contribution in [1.29, 1.82) is 0 Å². The highest BCUT2D eigenvalue weighted by atomic mass is 16.5. The van der Waals surface area contributed by atoms with E-state index in [1.54, 1.807) is 19.1 Å². The molecule has 0 unspecified atom stereocenters. The Morgan fingerprint density at radius 3 is 2.59 bits per heavy atom. The summed E-state index contributed by atoms with van der Waals surface area (Å²) < 4.78 is 9.60. The first-order valence-electron chi connectivity index (χ1n) is 7.07. The molecule has 6 heteroatoms. The summed E-state index contributed by atoms with van der Waals surface area (Å²) in [6, 6.07) is 4.86. The van der Waals surface area contributed by atoms with Gasteiger partial charge in [-0.1, -0.05) is 13.0 Å². The van der Waals surface area contributed by atoms with Crippen LogP contribution in [0, 0.1) is 18.8 Å². The molecular weight excluding hydrogens is 286 g/mol. The fourth-order valence-electron chi connectivity index (χ4n) is 2.08. The lowest BCUT2D eigenvalue weighted by molar-refractivity contribution is -0.148. The van der Waals surface area contributed by atoms with Crippen LogP contribution in [0.4, 0.5) is 5.69 Å². The second-order valence-electron chi connectivity index (χ2n) is 5.50. The topological polar surface area (TPSA) is 81.7 Å². The van der Waals surface area contributed by atoms with Crippen LogP contribution in [-0.2, 0) is 19.1 Å². The molecule has 22 heavy (non-hydrogen) atoms. The number of aryl methyl sites for hydroxylation is 1. The largest absolute Gasteiger partial charge is 0.465 e. The molecule has 0 heterocycles. The molecule has 0 aliphatic heterocycles. The van der Waals surface area contributed by atoms with Crippen molar-refractivity contribution in [2.24, 2.45) is 11.8 Å². The number of methoxy groups -OCH3 is 1. The van der Waals surface area contributed by atoms with Crippen LogP contribution in [0.2, 0.25) is 0 Å². The average Bonchev–Trinajstić information content (AvgIpc) is 3.23. The molecule has 1 saturated carbocycles. The van der Waals surface area contributed by atoms with Gasteiger partial charge in [0.15, 0.2) is 6.61 Å². The molecule has 0 spiro atoms. The molecule has 2 rings (SSSR count). The summed E-state index contributed by atoms with van der Waals surface area (Å²) >= 11 is 0. The zero-order valence-corrected chi connectivity index (χ0v) is 12.8. The van der Waals surface area contributed by atoms with Crippen LogP contribution >= 0.6 is 0 Å². The molecule has 1 fully saturated rings. The fourth-order valence-corrected chi connectivity index (χ4v) is 2.08. The Labute approximate surface area is 128 Å². The lowest BCUT2D eigenvalue weighted by Crippen LogP contribution is -2.22. The van der Waals surface area contributed by atoms with Crippen molar-refractivity contribution < 1.29 is 23.9 Å². The number of rotatable bonds is 5. The number of carbonyl (C=O) groups excluding carboxylic acids is 3. The minimum absolute atomic E-state index is 0.0720. The number of hydrogen-bond acceptors (Lipinski definition) is 5. The van der Waals surface area contributed by atoms with Crippen LogP contribution < -0.4 is 5.32 Å². The average molecular weight is 305 g/mol. The van der Waals surface area contributed by atoms with E-state index in [-0.39, 0.29) is 18.5 Å². The summed E-state index contributed by atoms with van der Waals surface area (Å²) in [6.45, 7) is 3.44. The van der Waals surface area contributed by atoms with Gasteiger partial charge in [0.2, 0.25) is 0 Å². The maximum atomic E-state index is 11.8. The summed E-state index contributed by atoms with van der Waals surface area (Å²) in [5.41, 5.74) is 1.62. The number of esters is 2. The van der Waals surface area contributed by atoms with Gasteiger partial charge in [0.1, 0.15) is 0 Å². The number of carbonyl (C=O) groups is 3. The van der Waals surface area contributed by atoms with Crippen molar-refractivity contribution in [1.82, 2.24) is 0 Å². The van der Waals surface area contributed by atoms with Gasteiger partial charge in [-0.3, -0.25) is 9.59 Å². The highest BCUT2D eigenvalue weighted by Gasteiger charge is 2.40. The highest BCUT2D eigenvalue weighted by Crippen LogP contribution is 2.38. The SMILES string of the molecule is COC(=O)c1ccc(C)c(NC(=O)COC(=O)[C@@H]2C[C@@H]2C)c1. The maximum Gasteiger partial charge on any atom is 0.337 e. The number of ether oxygens (including phenoxy) is 2. The van der Waals surface area contributed by atoms with Crippen molar-refractivity contribution >= 4 is 23.5 Å². The lowest BCUT2D eigenvalue weighted by Gasteiger charge is -2.10. The summed E-state index contributed by atoms with van der Waals surface area (Å²) in [4.78, 5) is 34.9. The minimum atomic E-state index is -0.482. The van der Waals surface area contributed by atoms with E-state index in [1.807, 2.05) is 6.92 Å². The fraction of sp³-hybridized carbons (Fsp3) is 0.438. The van der Waals surface area contributed by atoms with Gasteiger partial charge in [-0.2, -0.15) is 0 Å². The molecule has 1 aromatic carbocycles. The molecular formula is C16H19NO5. The minimum Gasteiger partial charge on any atom is -0.465 e. The van der Waals surface area contributed by atoms with Crippen LogP contribution in [0.25, 0.3) is 0 Å². The van der Waals surface area contributed by atoms with Crippen molar-refractivity contribution in [3.05, 3.63) is 29.3 Å². The number of amides is 1. The van der Waals surface area contributed by atoms with Crippen molar-refractivity contribution in [2.75, 3.05) is 19.0 Å². The Bertz CT molecular complexity index is 611. The number of hydrogen-bond donors (Lipinski definition) is 1. The van der Waals surface area contributed by atoms with Crippen LogP contribution in [0.3, 0.4) is 0 Å². The predicted octanol–water partition coefficient (Wildman–Crippen LogP) is 1.92. The smallest absolute Gasteiger partial charge is 0.337 e. The number of anilines is 1. The van der Waals surface area contributed by atoms with Gasteiger partial charge in [-0.05, 0) is 37.0 Å². The van der Waals surface area contributed by atoms with Crippen molar-refractivity contribution in [3.63, 3.8) is 0 Å². The van der Waals surface area contributed by atoms with E-state index in [2.05, 4.69) is 10.1 Å². The van der Waals surface area contributed by atoms with E-state index in [0.29, 0.717) is 17.2 Å². The molecule has 1 aromatic rings. The Hall–Kier alpha value is -2.37. The van der Waals surface area contributed by atoms with Crippen LogP contribution in [0.15, 0.2) is 18.2 Å². The zero-order valence-electron chi connectivity index (χ0n) is 12.8.